The van der Waals surface area contributed by atoms with Gasteiger partial charge in [-0.15, -0.1) is 0 Å². The molecule has 0 aliphatic heterocycles. The molecule has 2 nitrogen and oxygen atoms in total. The lowest BCUT2D eigenvalue weighted by Crippen LogP contribution is -2.12. The molecule has 14 heavy (non-hydrogen) atoms. The van der Waals surface area contributed by atoms with E-state index in [4.69, 9.17) is 28.9 Å². The van der Waals surface area contributed by atoms with Gasteiger partial charge in [-0.2, -0.15) is 0 Å². The van der Waals surface area contributed by atoms with Crippen molar-refractivity contribution in [2.75, 3.05) is 0 Å². The summed E-state index contributed by atoms with van der Waals surface area (Å²) in [5, 5.41) is 1.17. The van der Waals surface area contributed by atoms with Crippen LogP contribution in [0.15, 0.2) is 23.2 Å². The van der Waals surface area contributed by atoms with Gasteiger partial charge in [-0.05, 0) is 31.0 Å². The second-order valence-electron chi connectivity index (χ2n) is 3.44. The van der Waals surface area contributed by atoms with Crippen LogP contribution in [0.3, 0.4) is 0 Å². The van der Waals surface area contributed by atoms with Crippen molar-refractivity contribution in [3.05, 3.63) is 28.2 Å². The molecule has 0 saturated heterocycles. The monoisotopic (exact) mass is 228 g/mol. The van der Waals surface area contributed by atoms with Gasteiger partial charge in [-0.25, -0.2) is 4.99 Å². The van der Waals surface area contributed by atoms with E-state index >= 15 is 0 Å². The highest BCUT2D eigenvalue weighted by Crippen LogP contribution is 2.31. The van der Waals surface area contributed by atoms with Crippen molar-refractivity contribution in [1.82, 2.24) is 0 Å². The minimum atomic E-state index is 0.466. The molecule has 1 aromatic rings. The predicted octanol–water partition coefficient (Wildman–Crippen LogP) is 3.39. The number of hydrogen-bond acceptors (Lipinski definition) is 1. The Bertz CT molecular complexity index is 363. The van der Waals surface area contributed by atoms with Crippen LogP contribution in [-0.2, 0) is 0 Å². The highest BCUT2D eigenvalue weighted by Gasteiger charge is 2.25. The molecule has 1 aliphatic rings. The summed E-state index contributed by atoms with van der Waals surface area (Å²) >= 11 is 11.7. The van der Waals surface area contributed by atoms with E-state index in [9.17, 15) is 0 Å². The van der Waals surface area contributed by atoms with Crippen molar-refractivity contribution >= 4 is 34.7 Å². The van der Waals surface area contributed by atoms with Gasteiger partial charge in [0.2, 0.25) is 0 Å². The van der Waals surface area contributed by atoms with Crippen LogP contribution in [-0.4, -0.2) is 5.84 Å². The first kappa shape index (κ1) is 9.81. The summed E-state index contributed by atoms with van der Waals surface area (Å²) in [6.45, 7) is 0. The van der Waals surface area contributed by atoms with Gasteiger partial charge in [0.1, 0.15) is 5.84 Å². The van der Waals surface area contributed by atoms with E-state index in [-0.39, 0.29) is 0 Å². The first-order valence-electron chi connectivity index (χ1n) is 4.45. The largest absolute Gasteiger partial charge is 0.387 e. The molecule has 0 amide bonds. The summed E-state index contributed by atoms with van der Waals surface area (Å²) in [4.78, 5) is 4.27. The third-order valence-electron chi connectivity index (χ3n) is 2.10. The van der Waals surface area contributed by atoms with Crippen molar-refractivity contribution in [3.8, 4) is 0 Å². The molecule has 2 N–H and O–H groups in total. The van der Waals surface area contributed by atoms with Crippen LogP contribution in [0.2, 0.25) is 10.0 Å². The first-order chi connectivity index (χ1) is 6.65. The Morgan fingerprint density at radius 2 is 1.79 bits per heavy atom. The molecule has 0 radical (unpaired) electrons. The van der Waals surface area contributed by atoms with Crippen LogP contribution in [0.4, 0.5) is 5.69 Å². The fourth-order valence-electron chi connectivity index (χ4n) is 1.22. The average Bonchev–Trinajstić information content (AvgIpc) is 2.82. The Hall–Kier alpha value is -0.730. The molecule has 1 aliphatic carbocycles. The number of nitrogens with zero attached hydrogens (tertiary/aromatic N) is 1. The molecule has 0 atom stereocenters. The minimum absolute atomic E-state index is 0.466. The summed E-state index contributed by atoms with van der Waals surface area (Å²) in [5.74, 6) is 1.15. The Kier molecular flexibility index (Phi) is 2.66. The zero-order chi connectivity index (χ0) is 10.1. The molecule has 74 valence electrons. The lowest BCUT2D eigenvalue weighted by Gasteiger charge is -1.99. The van der Waals surface area contributed by atoms with E-state index < -0.39 is 0 Å². The van der Waals surface area contributed by atoms with Crippen LogP contribution in [0.5, 0.6) is 0 Å². The maximum Gasteiger partial charge on any atom is 0.103 e. The quantitative estimate of drug-likeness (QED) is 0.612. The maximum absolute atomic E-state index is 5.83. The Morgan fingerprint density at radius 1 is 1.21 bits per heavy atom. The molecule has 2 rings (SSSR count). The van der Waals surface area contributed by atoms with Gasteiger partial charge in [-0.3, -0.25) is 0 Å². The van der Waals surface area contributed by atoms with Gasteiger partial charge in [0.05, 0.1) is 5.69 Å². The second-order valence-corrected chi connectivity index (χ2v) is 4.31. The summed E-state index contributed by atoms with van der Waals surface area (Å²) in [7, 11) is 0. The number of amidine groups is 1. The van der Waals surface area contributed by atoms with Crippen molar-refractivity contribution in [3.63, 3.8) is 0 Å². The first-order valence-corrected chi connectivity index (χ1v) is 5.21. The third kappa shape index (κ3) is 2.40. The van der Waals surface area contributed by atoms with Crippen LogP contribution < -0.4 is 5.73 Å². The lowest BCUT2D eigenvalue weighted by atomic mass is 10.3. The van der Waals surface area contributed by atoms with Crippen LogP contribution in [0.25, 0.3) is 0 Å². The highest BCUT2D eigenvalue weighted by atomic mass is 35.5. The van der Waals surface area contributed by atoms with Crippen LogP contribution in [0, 0.1) is 5.92 Å². The Balaban J connectivity index is 2.27. The summed E-state index contributed by atoms with van der Waals surface area (Å²) in [6.07, 6.45) is 2.28. The van der Waals surface area contributed by atoms with Crippen molar-refractivity contribution in [2.24, 2.45) is 16.6 Å². The summed E-state index contributed by atoms with van der Waals surface area (Å²) < 4.78 is 0. The van der Waals surface area contributed by atoms with Gasteiger partial charge in [0.25, 0.3) is 0 Å². The van der Waals surface area contributed by atoms with Gasteiger partial charge >= 0.3 is 0 Å². The average molecular weight is 229 g/mol. The van der Waals surface area contributed by atoms with Gasteiger partial charge in [0, 0.05) is 16.0 Å². The zero-order valence-electron chi connectivity index (χ0n) is 7.50. The van der Waals surface area contributed by atoms with Gasteiger partial charge in [-0.1, -0.05) is 23.2 Å². The minimum Gasteiger partial charge on any atom is -0.387 e. The molecule has 0 bridgehead atoms. The standard InChI is InChI=1S/C10H10Cl2N2/c11-7-3-8(12)5-9(4-7)14-10(13)6-1-2-6/h3-6H,1-2H2,(H2,13,14). The molecular weight excluding hydrogens is 219 g/mol. The normalized spacial score (nSPS) is 17.1. The van der Waals surface area contributed by atoms with E-state index in [1.807, 2.05) is 0 Å². The topological polar surface area (TPSA) is 38.4 Å². The van der Waals surface area contributed by atoms with Crippen molar-refractivity contribution < 1.29 is 0 Å². The molecule has 0 heterocycles. The van der Waals surface area contributed by atoms with E-state index in [0.29, 0.717) is 21.8 Å². The summed E-state index contributed by atoms with van der Waals surface area (Å²) in [5.41, 5.74) is 6.50. The smallest absolute Gasteiger partial charge is 0.103 e. The lowest BCUT2D eigenvalue weighted by molar-refractivity contribution is 1.15. The molecule has 0 unspecified atom stereocenters. The highest BCUT2D eigenvalue weighted by molar-refractivity contribution is 6.35. The third-order valence-corrected chi connectivity index (χ3v) is 2.54. The van der Waals surface area contributed by atoms with E-state index in [1.165, 1.54) is 0 Å². The molecule has 1 saturated carbocycles. The zero-order valence-corrected chi connectivity index (χ0v) is 9.02. The van der Waals surface area contributed by atoms with E-state index in [2.05, 4.69) is 4.99 Å². The maximum atomic E-state index is 5.83. The Morgan fingerprint density at radius 3 is 2.29 bits per heavy atom. The number of rotatable bonds is 2. The van der Waals surface area contributed by atoms with Crippen LogP contribution in [0.1, 0.15) is 12.8 Å². The number of halogens is 2. The molecule has 0 aromatic heterocycles. The second kappa shape index (κ2) is 3.79. The van der Waals surface area contributed by atoms with Gasteiger partial charge in [0.15, 0.2) is 0 Å². The number of hydrogen-bond donors (Lipinski definition) is 1. The van der Waals surface area contributed by atoms with Gasteiger partial charge < -0.3 is 5.73 Å². The number of nitrogens with two attached hydrogens (primary N) is 1. The SMILES string of the molecule is NC(=Nc1cc(Cl)cc(Cl)c1)C1CC1. The molecular formula is C10H10Cl2N2. The Labute approximate surface area is 92.7 Å². The molecule has 1 aromatic carbocycles. The molecule has 0 spiro atoms. The van der Waals surface area contributed by atoms with Crippen molar-refractivity contribution in [2.45, 2.75) is 12.8 Å². The number of aliphatic imine (C=N–C) groups is 1. The fourth-order valence-corrected chi connectivity index (χ4v) is 1.74. The van der Waals surface area contributed by atoms with E-state index in [1.54, 1.807) is 18.2 Å². The molecule has 4 heteroatoms. The summed E-state index contributed by atoms with van der Waals surface area (Å²) in [6, 6.07) is 5.18. The number of benzene rings is 1. The van der Waals surface area contributed by atoms with E-state index in [0.717, 1.165) is 18.5 Å². The fraction of sp³-hybridized carbons (Fsp3) is 0.300. The van der Waals surface area contributed by atoms with Crippen LogP contribution >= 0.6 is 23.2 Å². The molecule has 1 fully saturated rings. The van der Waals surface area contributed by atoms with Crippen molar-refractivity contribution in [1.29, 1.82) is 0 Å². The predicted molar refractivity (Wildman–Crippen MR) is 60.5 cm³/mol.